The molecule has 1 aliphatic rings. The van der Waals surface area contributed by atoms with E-state index in [1.165, 1.54) is 12.8 Å². The fraction of sp³-hybridized carbons (Fsp3) is 0.500. The number of amides is 1. The van der Waals surface area contributed by atoms with Crippen molar-refractivity contribution in [2.75, 3.05) is 5.75 Å². The molecule has 0 bridgehead atoms. The first-order valence-corrected chi connectivity index (χ1v) is 7.93. The van der Waals surface area contributed by atoms with Crippen LogP contribution in [0.1, 0.15) is 32.1 Å². The van der Waals surface area contributed by atoms with Crippen molar-refractivity contribution in [3.8, 4) is 0 Å². The number of carbonyl (C=O) groups excluding carboxylic acids is 1. The monoisotopic (exact) mass is 299 g/mol. The number of hydrogen-bond acceptors (Lipinski definition) is 3. The van der Waals surface area contributed by atoms with Crippen molar-refractivity contribution in [3.05, 3.63) is 29.3 Å². The van der Waals surface area contributed by atoms with Crippen LogP contribution < -0.4 is 5.48 Å². The molecule has 0 radical (unpaired) electrons. The van der Waals surface area contributed by atoms with Gasteiger partial charge in [0, 0.05) is 22.1 Å². The van der Waals surface area contributed by atoms with Gasteiger partial charge in [0.2, 0.25) is 5.91 Å². The normalized spacial score (nSPS) is 15.6. The van der Waals surface area contributed by atoms with Gasteiger partial charge in [0.25, 0.3) is 0 Å². The zero-order chi connectivity index (χ0) is 13.5. The molecular weight excluding hydrogens is 282 g/mol. The van der Waals surface area contributed by atoms with Crippen molar-refractivity contribution < 1.29 is 9.63 Å². The molecule has 1 amide bonds. The van der Waals surface area contributed by atoms with Crippen molar-refractivity contribution >= 4 is 29.3 Å². The van der Waals surface area contributed by atoms with E-state index in [0.29, 0.717) is 6.42 Å². The van der Waals surface area contributed by atoms with Crippen molar-refractivity contribution in [3.63, 3.8) is 0 Å². The van der Waals surface area contributed by atoms with Crippen LogP contribution in [0.15, 0.2) is 29.2 Å². The Morgan fingerprint density at radius 2 is 2.00 bits per heavy atom. The molecule has 0 saturated heterocycles. The quantitative estimate of drug-likeness (QED) is 0.641. The van der Waals surface area contributed by atoms with E-state index in [9.17, 15) is 4.79 Å². The molecule has 19 heavy (non-hydrogen) atoms. The zero-order valence-corrected chi connectivity index (χ0v) is 12.3. The maximum absolute atomic E-state index is 11.6. The summed E-state index contributed by atoms with van der Waals surface area (Å²) in [5.41, 5.74) is 2.55. The van der Waals surface area contributed by atoms with Crippen LogP contribution in [-0.2, 0) is 9.63 Å². The van der Waals surface area contributed by atoms with Gasteiger partial charge in [0.05, 0.1) is 6.10 Å². The highest BCUT2D eigenvalue weighted by Crippen LogP contribution is 2.21. The molecule has 0 spiro atoms. The Kier molecular flexibility index (Phi) is 6.01. The summed E-state index contributed by atoms with van der Waals surface area (Å²) >= 11 is 7.45. The summed E-state index contributed by atoms with van der Waals surface area (Å²) in [5.74, 6) is 0.690. The lowest BCUT2D eigenvalue weighted by Gasteiger charge is -2.11. The third-order valence-corrected chi connectivity index (χ3v) is 4.32. The van der Waals surface area contributed by atoms with Crippen LogP contribution in [0.5, 0.6) is 0 Å². The number of thioether (sulfide) groups is 1. The second-order valence-electron chi connectivity index (χ2n) is 4.60. The van der Waals surface area contributed by atoms with Gasteiger partial charge in [-0.25, -0.2) is 5.48 Å². The maximum Gasteiger partial charge on any atom is 0.244 e. The molecular formula is C14H18ClNO2S. The highest BCUT2D eigenvalue weighted by Gasteiger charge is 2.16. The molecule has 1 aliphatic carbocycles. The van der Waals surface area contributed by atoms with Crippen LogP contribution in [-0.4, -0.2) is 17.8 Å². The van der Waals surface area contributed by atoms with Crippen LogP contribution in [0.4, 0.5) is 0 Å². The summed E-state index contributed by atoms with van der Waals surface area (Å²) in [6, 6.07) is 7.63. The van der Waals surface area contributed by atoms with Gasteiger partial charge in [-0.15, -0.1) is 11.8 Å². The number of halogens is 1. The van der Waals surface area contributed by atoms with Gasteiger partial charge in [-0.05, 0) is 37.1 Å². The minimum absolute atomic E-state index is 0.0478. The number of hydroxylamine groups is 1. The van der Waals surface area contributed by atoms with Gasteiger partial charge < -0.3 is 0 Å². The summed E-state index contributed by atoms with van der Waals surface area (Å²) in [6.45, 7) is 0. The largest absolute Gasteiger partial charge is 0.273 e. The fourth-order valence-corrected chi connectivity index (χ4v) is 2.98. The molecule has 0 atom stereocenters. The molecule has 1 saturated carbocycles. The minimum Gasteiger partial charge on any atom is -0.273 e. The van der Waals surface area contributed by atoms with Gasteiger partial charge in [0.1, 0.15) is 0 Å². The lowest BCUT2D eigenvalue weighted by Crippen LogP contribution is -2.28. The highest BCUT2D eigenvalue weighted by atomic mass is 35.5. The molecule has 1 fully saturated rings. The number of nitrogens with one attached hydrogen (secondary N) is 1. The molecule has 0 heterocycles. The number of carbonyl (C=O) groups is 1. The Hall–Kier alpha value is -0.710. The van der Waals surface area contributed by atoms with E-state index in [4.69, 9.17) is 16.4 Å². The number of hydrogen-bond donors (Lipinski definition) is 1. The first kappa shape index (κ1) is 14.7. The highest BCUT2D eigenvalue weighted by molar-refractivity contribution is 7.99. The maximum atomic E-state index is 11.6. The summed E-state index contributed by atoms with van der Waals surface area (Å²) < 4.78 is 0. The smallest absolute Gasteiger partial charge is 0.244 e. The van der Waals surface area contributed by atoms with Gasteiger partial charge in [-0.2, -0.15) is 0 Å². The van der Waals surface area contributed by atoms with Gasteiger partial charge in [0.15, 0.2) is 0 Å². The molecule has 0 aliphatic heterocycles. The third-order valence-electron chi connectivity index (χ3n) is 3.05. The van der Waals surface area contributed by atoms with E-state index < -0.39 is 0 Å². The molecule has 1 aromatic rings. The number of benzene rings is 1. The molecule has 104 valence electrons. The van der Waals surface area contributed by atoms with Gasteiger partial charge in [-0.3, -0.25) is 9.63 Å². The predicted molar refractivity (Wildman–Crippen MR) is 78.3 cm³/mol. The number of rotatable bonds is 6. The van der Waals surface area contributed by atoms with E-state index in [1.54, 1.807) is 11.8 Å². The average Bonchev–Trinajstić information content (AvgIpc) is 2.92. The Balaban J connectivity index is 1.59. The van der Waals surface area contributed by atoms with Gasteiger partial charge >= 0.3 is 0 Å². The van der Waals surface area contributed by atoms with Gasteiger partial charge in [-0.1, -0.05) is 24.4 Å². The summed E-state index contributed by atoms with van der Waals surface area (Å²) in [6.07, 6.45) is 5.19. The van der Waals surface area contributed by atoms with E-state index in [0.717, 1.165) is 28.5 Å². The molecule has 3 nitrogen and oxygen atoms in total. The van der Waals surface area contributed by atoms with E-state index >= 15 is 0 Å². The van der Waals surface area contributed by atoms with E-state index in [1.807, 2.05) is 24.3 Å². The molecule has 0 unspecified atom stereocenters. The molecule has 0 aromatic heterocycles. The minimum atomic E-state index is -0.0478. The Morgan fingerprint density at radius 1 is 1.32 bits per heavy atom. The van der Waals surface area contributed by atoms with Crippen LogP contribution in [0.3, 0.4) is 0 Å². The Labute approximate surface area is 123 Å². The van der Waals surface area contributed by atoms with Crippen LogP contribution in [0.2, 0.25) is 5.02 Å². The first-order valence-electron chi connectivity index (χ1n) is 6.57. The predicted octanol–water partition coefficient (Wildman–Crippen LogP) is 3.81. The van der Waals surface area contributed by atoms with Crippen LogP contribution in [0.25, 0.3) is 0 Å². The molecule has 1 N–H and O–H groups in total. The van der Waals surface area contributed by atoms with E-state index in [-0.39, 0.29) is 12.0 Å². The topological polar surface area (TPSA) is 38.3 Å². The van der Waals surface area contributed by atoms with Crippen LogP contribution >= 0.6 is 23.4 Å². The second kappa shape index (κ2) is 7.78. The molecule has 5 heteroatoms. The van der Waals surface area contributed by atoms with Crippen molar-refractivity contribution in [2.45, 2.75) is 43.1 Å². The summed E-state index contributed by atoms with van der Waals surface area (Å²) in [5, 5.41) is 0.729. The summed E-state index contributed by atoms with van der Waals surface area (Å²) in [7, 11) is 0. The Bertz CT molecular complexity index is 404. The fourth-order valence-electron chi connectivity index (χ4n) is 2.00. The van der Waals surface area contributed by atoms with E-state index in [2.05, 4.69) is 5.48 Å². The average molecular weight is 300 g/mol. The lowest BCUT2D eigenvalue weighted by molar-refractivity contribution is -0.137. The lowest BCUT2D eigenvalue weighted by atomic mass is 10.3. The van der Waals surface area contributed by atoms with Crippen molar-refractivity contribution in [2.24, 2.45) is 0 Å². The SMILES string of the molecule is O=C(CCSc1ccc(Cl)cc1)NOC1CCCC1. The summed E-state index contributed by atoms with van der Waals surface area (Å²) in [4.78, 5) is 18.0. The van der Waals surface area contributed by atoms with Crippen molar-refractivity contribution in [1.29, 1.82) is 0 Å². The molecule has 2 rings (SSSR count). The molecule has 1 aromatic carbocycles. The van der Waals surface area contributed by atoms with Crippen molar-refractivity contribution in [1.82, 2.24) is 5.48 Å². The third kappa shape index (κ3) is 5.43. The Morgan fingerprint density at radius 3 is 2.68 bits per heavy atom. The standard InChI is InChI=1S/C14H18ClNO2S/c15-11-5-7-13(8-6-11)19-10-9-14(17)16-18-12-3-1-2-4-12/h5-8,12H,1-4,9-10H2,(H,16,17). The zero-order valence-electron chi connectivity index (χ0n) is 10.7. The second-order valence-corrected chi connectivity index (χ2v) is 6.21. The first-order chi connectivity index (χ1) is 9.24. The van der Waals surface area contributed by atoms with Crippen LogP contribution in [0, 0.1) is 0 Å².